The Bertz CT molecular complexity index is 716. The molecule has 1 atom stereocenters. The van der Waals surface area contributed by atoms with E-state index in [1.807, 2.05) is 6.07 Å². The Labute approximate surface area is 163 Å². The van der Waals surface area contributed by atoms with Gasteiger partial charge in [-0.3, -0.25) is 13.8 Å². The molecule has 0 bridgehead atoms. The number of hydrogen-bond donors (Lipinski definition) is 1. The Balaban J connectivity index is 1.58. The fraction of sp³-hybridized carbons (Fsp3) is 0.600. The van der Waals surface area contributed by atoms with Crippen LogP contribution in [0.4, 0.5) is 5.69 Å². The van der Waals surface area contributed by atoms with Crippen molar-refractivity contribution in [1.82, 2.24) is 4.90 Å². The molecule has 1 spiro atoms. The molecular formula is C20H28N2O4S. The first-order valence-corrected chi connectivity index (χ1v) is 11.1. The maximum atomic E-state index is 12.6. The van der Waals surface area contributed by atoms with Crippen LogP contribution in [0.5, 0.6) is 0 Å². The van der Waals surface area contributed by atoms with Gasteiger partial charge < -0.3 is 15.0 Å². The number of amides is 2. The highest BCUT2D eigenvalue weighted by atomic mass is 32.2. The highest BCUT2D eigenvalue weighted by Crippen LogP contribution is 2.43. The predicted octanol–water partition coefficient (Wildman–Crippen LogP) is 2.46. The standard InChI is InChI=1S/C20H28N2O4S/c1-26-12-13-27(25)15-16-6-5-7-17(14-16)21-18(23)19(24)22-11-10-20(22)8-3-2-4-9-20/h5-7,14H,2-4,8-13,15H2,1H3,(H,21,23). The van der Waals surface area contributed by atoms with Crippen LogP contribution in [-0.2, 0) is 30.9 Å². The Morgan fingerprint density at radius 3 is 2.67 bits per heavy atom. The molecule has 1 aromatic rings. The summed E-state index contributed by atoms with van der Waals surface area (Å²) in [6, 6.07) is 7.20. The van der Waals surface area contributed by atoms with E-state index < -0.39 is 22.6 Å². The second-order valence-corrected chi connectivity index (χ2v) is 9.00. The van der Waals surface area contributed by atoms with Crippen molar-refractivity contribution >= 4 is 28.3 Å². The second-order valence-electron chi connectivity index (χ2n) is 7.43. The average molecular weight is 393 g/mol. The molecule has 148 valence electrons. The Morgan fingerprint density at radius 1 is 1.22 bits per heavy atom. The van der Waals surface area contributed by atoms with E-state index in [4.69, 9.17) is 4.74 Å². The zero-order chi connectivity index (χ0) is 19.3. The molecule has 1 unspecified atom stereocenters. The number of benzene rings is 1. The van der Waals surface area contributed by atoms with Crippen LogP contribution in [-0.4, -0.2) is 52.5 Å². The van der Waals surface area contributed by atoms with Gasteiger partial charge in [-0.05, 0) is 37.0 Å². The molecule has 27 heavy (non-hydrogen) atoms. The normalized spacial score (nSPS) is 19.4. The largest absolute Gasteiger partial charge is 0.384 e. The number of anilines is 1. The molecule has 2 amide bonds. The minimum Gasteiger partial charge on any atom is -0.384 e. The van der Waals surface area contributed by atoms with Gasteiger partial charge in [0.1, 0.15) is 0 Å². The predicted molar refractivity (Wildman–Crippen MR) is 106 cm³/mol. The van der Waals surface area contributed by atoms with Gasteiger partial charge in [-0.25, -0.2) is 0 Å². The summed E-state index contributed by atoms with van der Waals surface area (Å²) in [5.41, 5.74) is 1.35. The van der Waals surface area contributed by atoms with Crippen LogP contribution in [0.25, 0.3) is 0 Å². The number of nitrogens with zero attached hydrogens (tertiary/aromatic N) is 1. The molecule has 7 heteroatoms. The first kappa shape index (κ1) is 20.0. The highest BCUT2D eigenvalue weighted by Gasteiger charge is 2.48. The van der Waals surface area contributed by atoms with Gasteiger partial charge in [0.05, 0.1) is 6.61 Å². The Kier molecular flexibility index (Phi) is 6.65. The van der Waals surface area contributed by atoms with Gasteiger partial charge in [0.2, 0.25) is 0 Å². The van der Waals surface area contributed by atoms with Crippen LogP contribution in [0.3, 0.4) is 0 Å². The van der Waals surface area contributed by atoms with Crippen molar-refractivity contribution in [2.24, 2.45) is 0 Å². The van der Waals surface area contributed by atoms with E-state index in [0.717, 1.165) is 37.7 Å². The number of carbonyl (C=O) groups is 2. The molecule has 2 fully saturated rings. The van der Waals surface area contributed by atoms with Crippen molar-refractivity contribution in [1.29, 1.82) is 0 Å². The Morgan fingerprint density at radius 2 is 2.00 bits per heavy atom. The topological polar surface area (TPSA) is 75.7 Å². The fourth-order valence-electron chi connectivity index (χ4n) is 4.07. The molecule has 1 aromatic carbocycles. The molecule has 0 aromatic heterocycles. The van der Waals surface area contributed by atoms with Crippen LogP contribution in [0, 0.1) is 0 Å². The molecule has 1 aliphatic carbocycles. The number of methoxy groups -OCH3 is 1. The van der Waals surface area contributed by atoms with Gasteiger partial charge in [-0.15, -0.1) is 0 Å². The van der Waals surface area contributed by atoms with Crippen LogP contribution >= 0.6 is 0 Å². The summed E-state index contributed by atoms with van der Waals surface area (Å²) in [5.74, 6) is -0.145. The first-order valence-electron chi connectivity index (χ1n) is 9.60. The van der Waals surface area contributed by atoms with E-state index in [-0.39, 0.29) is 5.54 Å². The number of nitrogens with one attached hydrogen (secondary N) is 1. The monoisotopic (exact) mass is 392 g/mol. The second kappa shape index (κ2) is 8.97. The zero-order valence-corrected chi connectivity index (χ0v) is 16.7. The maximum absolute atomic E-state index is 12.6. The van der Waals surface area contributed by atoms with Crippen molar-refractivity contribution in [2.75, 3.05) is 31.3 Å². The lowest BCUT2D eigenvalue weighted by molar-refractivity contribution is -0.157. The molecule has 1 N–H and O–H groups in total. The van der Waals surface area contributed by atoms with Gasteiger partial charge in [-0.1, -0.05) is 31.4 Å². The minimum atomic E-state index is -1.02. The summed E-state index contributed by atoms with van der Waals surface area (Å²) in [6.07, 6.45) is 6.51. The van der Waals surface area contributed by atoms with Crippen molar-refractivity contribution in [3.05, 3.63) is 29.8 Å². The molecule has 2 aliphatic rings. The summed E-state index contributed by atoms with van der Waals surface area (Å²) >= 11 is 0. The number of rotatable bonds is 6. The van der Waals surface area contributed by atoms with E-state index >= 15 is 0 Å². The van der Waals surface area contributed by atoms with E-state index in [9.17, 15) is 13.8 Å². The van der Waals surface area contributed by atoms with Crippen LogP contribution < -0.4 is 5.32 Å². The third-order valence-electron chi connectivity index (χ3n) is 5.62. The van der Waals surface area contributed by atoms with Crippen molar-refractivity contribution in [3.8, 4) is 0 Å². The number of hydrogen-bond acceptors (Lipinski definition) is 4. The van der Waals surface area contributed by atoms with Crippen LogP contribution in [0.15, 0.2) is 24.3 Å². The highest BCUT2D eigenvalue weighted by molar-refractivity contribution is 7.84. The van der Waals surface area contributed by atoms with E-state index in [0.29, 0.717) is 30.3 Å². The maximum Gasteiger partial charge on any atom is 0.313 e. The summed E-state index contributed by atoms with van der Waals surface area (Å²) in [7, 11) is 0.563. The lowest BCUT2D eigenvalue weighted by atomic mass is 9.72. The molecular weight excluding hydrogens is 364 g/mol. The number of ether oxygens (including phenoxy) is 1. The molecule has 0 radical (unpaired) electrons. The van der Waals surface area contributed by atoms with Gasteiger partial charge >= 0.3 is 11.8 Å². The van der Waals surface area contributed by atoms with E-state index in [2.05, 4.69) is 5.32 Å². The quantitative estimate of drug-likeness (QED) is 0.755. The fourth-order valence-corrected chi connectivity index (χ4v) is 5.12. The lowest BCUT2D eigenvalue weighted by Crippen LogP contribution is -2.64. The third kappa shape index (κ3) is 4.76. The van der Waals surface area contributed by atoms with Crippen molar-refractivity contribution < 1.29 is 18.5 Å². The van der Waals surface area contributed by atoms with Crippen LogP contribution in [0.2, 0.25) is 0 Å². The zero-order valence-electron chi connectivity index (χ0n) is 15.9. The molecule has 3 rings (SSSR count). The number of carbonyl (C=O) groups excluding carboxylic acids is 2. The van der Waals surface area contributed by atoms with Crippen LogP contribution in [0.1, 0.15) is 44.1 Å². The summed E-state index contributed by atoms with van der Waals surface area (Å²) < 4.78 is 17.0. The minimum absolute atomic E-state index is 0.0766. The average Bonchev–Trinajstić information content (AvgIpc) is 2.66. The molecule has 1 saturated carbocycles. The van der Waals surface area contributed by atoms with Gasteiger partial charge in [0.25, 0.3) is 0 Å². The smallest absolute Gasteiger partial charge is 0.313 e. The molecule has 1 aliphatic heterocycles. The summed E-state index contributed by atoms with van der Waals surface area (Å²) in [4.78, 5) is 26.9. The van der Waals surface area contributed by atoms with Gasteiger partial charge in [0.15, 0.2) is 0 Å². The van der Waals surface area contributed by atoms with Gasteiger partial charge in [0, 0.05) is 47.2 Å². The molecule has 1 heterocycles. The molecule has 6 nitrogen and oxygen atoms in total. The number of likely N-dealkylation sites (tertiary alicyclic amines) is 1. The SMILES string of the molecule is COCCS(=O)Cc1cccc(NC(=O)C(=O)N2CCC23CCCCC3)c1. The van der Waals surface area contributed by atoms with Gasteiger partial charge in [-0.2, -0.15) is 0 Å². The van der Waals surface area contributed by atoms with E-state index in [1.165, 1.54) is 6.42 Å². The third-order valence-corrected chi connectivity index (χ3v) is 6.90. The summed E-state index contributed by atoms with van der Waals surface area (Å²) in [6.45, 7) is 1.12. The van der Waals surface area contributed by atoms with E-state index in [1.54, 1.807) is 30.2 Å². The Hall–Kier alpha value is -1.73. The van der Waals surface area contributed by atoms with Crippen molar-refractivity contribution in [3.63, 3.8) is 0 Å². The first-order chi connectivity index (χ1) is 13.0. The molecule has 1 saturated heterocycles. The lowest BCUT2D eigenvalue weighted by Gasteiger charge is -2.54. The summed E-state index contributed by atoms with van der Waals surface area (Å²) in [5, 5.41) is 2.72. The van der Waals surface area contributed by atoms with Crippen molar-refractivity contribution in [2.45, 2.75) is 49.8 Å².